The van der Waals surface area contributed by atoms with Crippen LogP contribution in [0.15, 0.2) is 30.3 Å². The van der Waals surface area contributed by atoms with Crippen molar-refractivity contribution in [3.63, 3.8) is 0 Å². The van der Waals surface area contributed by atoms with Crippen molar-refractivity contribution in [1.29, 1.82) is 0 Å². The Hall–Kier alpha value is -2.87. The number of carboxylic acids is 1. The fraction of sp³-hybridized carbons (Fsp3) is 0.462. The fourth-order valence-electron chi connectivity index (χ4n) is 4.74. The van der Waals surface area contributed by atoms with Crippen LogP contribution in [0, 0.1) is 12.3 Å². The monoisotopic (exact) mass is 485 g/mol. The maximum Gasteiger partial charge on any atom is 0.305 e. The minimum Gasteiger partial charge on any atom is -0.493 e. The summed E-state index contributed by atoms with van der Waals surface area (Å²) in [6.45, 7) is 8.55. The predicted octanol–water partition coefficient (Wildman–Crippen LogP) is 4.83. The number of thioether (sulfide) groups is 1. The molecule has 1 N–H and O–H groups in total. The van der Waals surface area contributed by atoms with Gasteiger partial charge in [0.1, 0.15) is 12.4 Å². The molecule has 2 aromatic rings. The van der Waals surface area contributed by atoms with Gasteiger partial charge in [-0.3, -0.25) is 9.59 Å². The van der Waals surface area contributed by atoms with Crippen molar-refractivity contribution in [2.75, 3.05) is 25.7 Å². The zero-order chi connectivity index (χ0) is 24.8. The minimum atomic E-state index is -1.01. The van der Waals surface area contributed by atoms with Crippen LogP contribution in [0.25, 0.3) is 0 Å². The Morgan fingerprint density at radius 3 is 2.56 bits per heavy atom. The predicted molar refractivity (Wildman–Crippen MR) is 132 cm³/mol. The molecule has 1 amide bonds. The Labute approximate surface area is 204 Å². The lowest BCUT2D eigenvalue weighted by Crippen LogP contribution is -2.55. The van der Waals surface area contributed by atoms with Gasteiger partial charge in [0.15, 0.2) is 11.5 Å². The number of nitrogens with zero attached hydrogens (tertiary/aromatic N) is 1. The number of anilines is 1. The van der Waals surface area contributed by atoms with Gasteiger partial charge in [0.05, 0.1) is 42.9 Å². The molecule has 0 spiro atoms. The van der Waals surface area contributed by atoms with Crippen molar-refractivity contribution in [2.24, 2.45) is 5.41 Å². The van der Waals surface area contributed by atoms with Crippen LogP contribution in [0.1, 0.15) is 49.1 Å². The first kappa shape index (κ1) is 24.3. The molecule has 3 atom stereocenters. The Kier molecular flexibility index (Phi) is 6.46. The molecule has 0 aromatic heterocycles. The van der Waals surface area contributed by atoms with Crippen LogP contribution in [-0.2, 0) is 9.59 Å². The number of amides is 1. The van der Waals surface area contributed by atoms with E-state index in [0.29, 0.717) is 23.9 Å². The Morgan fingerprint density at radius 2 is 1.94 bits per heavy atom. The molecule has 34 heavy (non-hydrogen) atoms. The normalized spacial score (nSPS) is 21.9. The first-order valence-electron chi connectivity index (χ1n) is 11.2. The number of hydrogen-bond donors (Lipinski definition) is 1. The van der Waals surface area contributed by atoms with E-state index in [1.807, 2.05) is 31.2 Å². The van der Waals surface area contributed by atoms with Crippen LogP contribution in [0.5, 0.6) is 17.2 Å². The molecule has 2 aromatic carbocycles. The SMILES string of the molecule is COc1cccc([C@H]2S[C@@H](CC(=O)O)C(=O)N3c4c(cc(C)cc42)OC[C@@H]3C(C)(C)C)c1OC. The smallest absolute Gasteiger partial charge is 0.305 e. The van der Waals surface area contributed by atoms with E-state index >= 15 is 0 Å². The number of carbonyl (C=O) groups excluding carboxylic acids is 1. The first-order valence-corrected chi connectivity index (χ1v) is 12.2. The number of para-hydroxylation sites is 1. The van der Waals surface area contributed by atoms with Gasteiger partial charge < -0.3 is 24.2 Å². The van der Waals surface area contributed by atoms with Gasteiger partial charge in [0, 0.05) is 5.56 Å². The Morgan fingerprint density at radius 1 is 1.21 bits per heavy atom. The van der Waals surface area contributed by atoms with Gasteiger partial charge in [-0.1, -0.05) is 39.0 Å². The van der Waals surface area contributed by atoms with E-state index in [1.54, 1.807) is 19.1 Å². The number of methoxy groups -OCH3 is 2. The van der Waals surface area contributed by atoms with Crippen molar-refractivity contribution < 1.29 is 28.9 Å². The molecule has 7 nitrogen and oxygen atoms in total. The number of aryl methyl sites for hydroxylation is 1. The number of benzene rings is 2. The molecule has 0 saturated carbocycles. The second-order valence-corrected chi connectivity index (χ2v) is 11.1. The summed E-state index contributed by atoms with van der Waals surface area (Å²) in [7, 11) is 3.16. The second-order valence-electron chi connectivity index (χ2n) is 9.79. The van der Waals surface area contributed by atoms with Gasteiger partial charge in [0.25, 0.3) is 0 Å². The third-order valence-corrected chi connectivity index (χ3v) is 7.85. The van der Waals surface area contributed by atoms with E-state index < -0.39 is 11.2 Å². The minimum absolute atomic E-state index is 0.202. The number of carboxylic acid groups (broad SMARTS) is 1. The molecule has 0 radical (unpaired) electrons. The van der Waals surface area contributed by atoms with Crippen molar-refractivity contribution in [1.82, 2.24) is 0 Å². The zero-order valence-electron chi connectivity index (χ0n) is 20.4. The highest BCUT2D eigenvalue weighted by Crippen LogP contribution is 2.55. The third-order valence-electron chi connectivity index (χ3n) is 6.37. The summed E-state index contributed by atoms with van der Waals surface area (Å²) in [5, 5.41) is 8.54. The molecule has 0 unspecified atom stereocenters. The van der Waals surface area contributed by atoms with Crippen LogP contribution in [0.4, 0.5) is 5.69 Å². The van der Waals surface area contributed by atoms with Crippen LogP contribution in [-0.4, -0.2) is 49.1 Å². The summed E-state index contributed by atoms with van der Waals surface area (Å²) in [6, 6.07) is 9.41. The summed E-state index contributed by atoms with van der Waals surface area (Å²) >= 11 is 1.35. The van der Waals surface area contributed by atoms with E-state index in [1.165, 1.54) is 11.8 Å². The molecule has 0 saturated heterocycles. The van der Waals surface area contributed by atoms with E-state index in [9.17, 15) is 14.7 Å². The number of aliphatic carboxylic acids is 1. The van der Waals surface area contributed by atoms with E-state index in [2.05, 4.69) is 26.8 Å². The van der Waals surface area contributed by atoms with Gasteiger partial charge in [-0.15, -0.1) is 11.8 Å². The van der Waals surface area contributed by atoms with Crippen molar-refractivity contribution in [3.8, 4) is 17.2 Å². The molecule has 8 heteroatoms. The second kappa shape index (κ2) is 9.06. The van der Waals surface area contributed by atoms with Crippen LogP contribution in [0.3, 0.4) is 0 Å². The highest BCUT2D eigenvalue weighted by atomic mass is 32.2. The Balaban J connectivity index is 2.01. The molecule has 4 rings (SSSR count). The quantitative estimate of drug-likeness (QED) is 0.649. The van der Waals surface area contributed by atoms with Gasteiger partial charge in [-0.05, 0) is 35.6 Å². The lowest BCUT2D eigenvalue weighted by atomic mass is 9.84. The number of hydrogen-bond acceptors (Lipinski definition) is 6. The third kappa shape index (κ3) is 4.19. The number of rotatable bonds is 5. The molecule has 182 valence electrons. The molecule has 2 aliphatic rings. The summed E-state index contributed by atoms with van der Waals surface area (Å²) in [4.78, 5) is 27.6. The number of carbonyl (C=O) groups is 2. The van der Waals surface area contributed by atoms with E-state index in [0.717, 1.165) is 22.4 Å². The van der Waals surface area contributed by atoms with Crippen LogP contribution < -0.4 is 19.1 Å². The van der Waals surface area contributed by atoms with Gasteiger partial charge in [-0.25, -0.2) is 0 Å². The summed E-state index contributed by atoms with van der Waals surface area (Å²) < 4.78 is 17.5. The van der Waals surface area contributed by atoms with E-state index in [-0.39, 0.29) is 29.0 Å². The highest BCUT2D eigenvalue weighted by molar-refractivity contribution is 8.01. The van der Waals surface area contributed by atoms with Gasteiger partial charge in [-0.2, -0.15) is 0 Å². The molecule has 2 heterocycles. The standard InChI is InChI=1S/C26H31NO6S/c1-14-10-16-22-18(11-14)33-13-20(26(2,3)4)27(22)25(30)19(12-21(28)29)34-24(16)15-8-7-9-17(31-5)23(15)32-6/h7-11,19-20,24H,12-13H2,1-6H3,(H,28,29)/t19-,20+,24+/m0/s1. The molecular weight excluding hydrogens is 454 g/mol. The van der Waals surface area contributed by atoms with Gasteiger partial charge >= 0.3 is 5.97 Å². The number of ether oxygens (including phenoxy) is 3. The lowest BCUT2D eigenvalue weighted by molar-refractivity contribution is -0.138. The van der Waals surface area contributed by atoms with Crippen molar-refractivity contribution in [2.45, 2.75) is 50.7 Å². The largest absolute Gasteiger partial charge is 0.493 e. The summed E-state index contributed by atoms with van der Waals surface area (Å²) in [5.74, 6) is 0.578. The van der Waals surface area contributed by atoms with Gasteiger partial charge in [0.2, 0.25) is 5.91 Å². The first-order chi connectivity index (χ1) is 16.1. The average molecular weight is 486 g/mol. The molecule has 2 aliphatic heterocycles. The van der Waals surface area contributed by atoms with Crippen LogP contribution >= 0.6 is 11.8 Å². The molecule has 0 aliphatic carbocycles. The maximum absolute atomic E-state index is 14.0. The van der Waals surface area contributed by atoms with Crippen LogP contribution in [0.2, 0.25) is 0 Å². The Bertz CT molecular complexity index is 1130. The summed E-state index contributed by atoms with van der Waals surface area (Å²) in [6.07, 6.45) is -0.275. The molecule has 0 bridgehead atoms. The van der Waals surface area contributed by atoms with Crippen molar-refractivity contribution in [3.05, 3.63) is 47.0 Å². The van der Waals surface area contributed by atoms with E-state index in [4.69, 9.17) is 14.2 Å². The summed E-state index contributed by atoms with van der Waals surface area (Å²) in [5.41, 5.74) is 3.17. The highest BCUT2D eigenvalue weighted by Gasteiger charge is 2.47. The average Bonchev–Trinajstić information content (AvgIpc) is 2.88. The fourth-order valence-corrected chi connectivity index (χ4v) is 6.20. The zero-order valence-corrected chi connectivity index (χ0v) is 21.2. The molecule has 0 fully saturated rings. The maximum atomic E-state index is 14.0. The van der Waals surface area contributed by atoms with Crippen molar-refractivity contribution >= 4 is 29.3 Å². The topological polar surface area (TPSA) is 85.3 Å². The lowest BCUT2D eigenvalue weighted by Gasteiger charge is -2.44. The molecular formula is C26H31NO6S.